The first-order valence-electron chi connectivity index (χ1n) is 8.95. The number of nitrogens with two attached hydrogens (primary N) is 1. The third-order valence-electron chi connectivity index (χ3n) is 5.16. The van der Waals surface area contributed by atoms with Gasteiger partial charge in [0.2, 0.25) is 0 Å². The van der Waals surface area contributed by atoms with Crippen LogP contribution in [0, 0.1) is 11.7 Å². The number of aromatic nitrogens is 2. The van der Waals surface area contributed by atoms with Crippen molar-refractivity contribution in [2.45, 2.75) is 12.8 Å². The number of nitrogens with zero attached hydrogens (tertiary/aromatic N) is 2. The van der Waals surface area contributed by atoms with Gasteiger partial charge < -0.3 is 15.4 Å². The molecule has 0 amide bonds. The Morgan fingerprint density at radius 1 is 1.27 bits per heavy atom. The summed E-state index contributed by atoms with van der Waals surface area (Å²) in [5.41, 5.74) is 8.45. The number of nitrogen functional groups attached to an aromatic ring is 1. The number of hydrogen-bond acceptors (Lipinski definition) is 4. The fourth-order valence-electron chi connectivity index (χ4n) is 3.59. The highest BCUT2D eigenvalue weighted by molar-refractivity contribution is 6.04. The number of nitrogens with one attached hydrogen (secondary N) is 1. The van der Waals surface area contributed by atoms with E-state index in [-0.39, 0.29) is 5.82 Å². The Morgan fingerprint density at radius 3 is 2.85 bits per heavy atom. The fraction of sp³-hybridized carbons (Fsp3) is 0.350. The molecule has 4 rings (SSSR count). The van der Waals surface area contributed by atoms with Gasteiger partial charge in [-0.05, 0) is 74.3 Å². The van der Waals surface area contributed by atoms with Crippen LogP contribution in [-0.4, -0.2) is 41.8 Å². The molecule has 6 heteroatoms. The van der Waals surface area contributed by atoms with Crippen LogP contribution in [0.3, 0.4) is 0 Å². The molecule has 2 aromatic carbocycles. The van der Waals surface area contributed by atoms with Crippen LogP contribution in [0.25, 0.3) is 22.0 Å². The molecule has 0 unspecified atom stereocenters. The lowest BCUT2D eigenvalue weighted by atomic mass is 9.98. The lowest BCUT2D eigenvalue weighted by Crippen LogP contribution is -2.32. The second kappa shape index (κ2) is 6.96. The van der Waals surface area contributed by atoms with Crippen LogP contribution >= 0.6 is 0 Å². The molecule has 0 aliphatic carbocycles. The van der Waals surface area contributed by atoms with Crippen LogP contribution in [-0.2, 0) is 0 Å². The van der Waals surface area contributed by atoms with Crippen molar-refractivity contribution < 1.29 is 9.13 Å². The number of benzene rings is 2. The zero-order valence-corrected chi connectivity index (χ0v) is 14.8. The Balaban J connectivity index is 1.63. The first-order chi connectivity index (χ1) is 12.6. The Bertz CT molecular complexity index is 915. The van der Waals surface area contributed by atoms with Gasteiger partial charge in [-0.2, -0.15) is 5.10 Å². The molecule has 0 bridgehead atoms. The summed E-state index contributed by atoms with van der Waals surface area (Å²) < 4.78 is 19.7. The maximum Gasteiger partial charge on any atom is 0.153 e. The molecular weight excluding hydrogens is 331 g/mol. The van der Waals surface area contributed by atoms with E-state index in [0.717, 1.165) is 53.7 Å². The zero-order chi connectivity index (χ0) is 18.1. The Hall–Kier alpha value is -2.60. The van der Waals surface area contributed by atoms with E-state index in [1.165, 1.54) is 12.1 Å². The summed E-state index contributed by atoms with van der Waals surface area (Å²) >= 11 is 0. The molecule has 5 nitrogen and oxygen atoms in total. The van der Waals surface area contributed by atoms with Crippen LogP contribution in [0.1, 0.15) is 12.8 Å². The average molecular weight is 354 g/mol. The Kier molecular flexibility index (Phi) is 4.51. The molecule has 0 saturated carbocycles. The van der Waals surface area contributed by atoms with E-state index in [1.807, 2.05) is 18.2 Å². The molecule has 1 aliphatic heterocycles. The van der Waals surface area contributed by atoms with Gasteiger partial charge in [0.05, 0.1) is 12.0 Å². The van der Waals surface area contributed by atoms with Crippen molar-refractivity contribution in [1.29, 1.82) is 0 Å². The third-order valence-corrected chi connectivity index (χ3v) is 5.16. The number of ether oxygens (including phenoxy) is 1. The molecular formula is C20H23FN4O. The second-order valence-corrected chi connectivity index (χ2v) is 7.04. The molecule has 3 aromatic rings. The van der Waals surface area contributed by atoms with Crippen molar-refractivity contribution in [1.82, 2.24) is 15.1 Å². The van der Waals surface area contributed by atoms with Crippen LogP contribution in [0.15, 0.2) is 36.4 Å². The molecule has 0 spiro atoms. The molecule has 1 saturated heterocycles. The summed E-state index contributed by atoms with van der Waals surface area (Å²) in [4.78, 5) is 2.35. The molecule has 1 fully saturated rings. The molecule has 0 atom stereocenters. The van der Waals surface area contributed by atoms with Gasteiger partial charge in [0.15, 0.2) is 5.82 Å². The van der Waals surface area contributed by atoms with Crippen LogP contribution < -0.4 is 10.5 Å². The lowest BCUT2D eigenvalue weighted by molar-refractivity contribution is 0.161. The summed E-state index contributed by atoms with van der Waals surface area (Å²) in [6, 6.07) is 10.3. The standard InChI is InChI=1S/C20H23FN4O/c1-25-9-7-13(8-10-25)12-26-17-6-5-16(14-3-2-4-15(21)11-14)18-19(17)23-24-20(18)22/h2-6,11,13H,7-10,12H2,1H3,(H3,22,23,24). The number of aromatic amines is 1. The first-order valence-corrected chi connectivity index (χ1v) is 8.95. The second-order valence-electron chi connectivity index (χ2n) is 7.04. The summed E-state index contributed by atoms with van der Waals surface area (Å²) in [6.45, 7) is 2.90. The van der Waals surface area contributed by atoms with Crippen LogP contribution in [0.2, 0.25) is 0 Å². The van der Waals surface area contributed by atoms with E-state index >= 15 is 0 Å². The SMILES string of the molecule is CN1CCC(COc2ccc(-c3cccc(F)c3)c3c(N)n[nH]c23)CC1. The van der Waals surface area contributed by atoms with E-state index in [2.05, 4.69) is 22.1 Å². The average Bonchev–Trinajstić information content (AvgIpc) is 3.03. The number of H-pyrrole nitrogens is 1. The van der Waals surface area contributed by atoms with Crippen molar-refractivity contribution in [3.05, 3.63) is 42.2 Å². The lowest BCUT2D eigenvalue weighted by Gasteiger charge is -2.28. The fourth-order valence-corrected chi connectivity index (χ4v) is 3.59. The highest BCUT2D eigenvalue weighted by Crippen LogP contribution is 2.37. The van der Waals surface area contributed by atoms with Gasteiger partial charge in [0, 0.05) is 0 Å². The first kappa shape index (κ1) is 16.8. The zero-order valence-electron chi connectivity index (χ0n) is 14.8. The smallest absolute Gasteiger partial charge is 0.153 e. The van der Waals surface area contributed by atoms with Crippen LogP contribution in [0.5, 0.6) is 5.75 Å². The quantitative estimate of drug-likeness (QED) is 0.750. The number of halogens is 1. The minimum absolute atomic E-state index is 0.277. The topological polar surface area (TPSA) is 67.2 Å². The van der Waals surface area contributed by atoms with Crippen molar-refractivity contribution in [3.8, 4) is 16.9 Å². The molecule has 1 aromatic heterocycles. The van der Waals surface area contributed by atoms with Crippen molar-refractivity contribution in [3.63, 3.8) is 0 Å². The number of piperidine rings is 1. The monoisotopic (exact) mass is 354 g/mol. The maximum absolute atomic E-state index is 13.6. The van der Waals surface area contributed by atoms with Gasteiger partial charge >= 0.3 is 0 Å². The summed E-state index contributed by atoms with van der Waals surface area (Å²) in [7, 11) is 2.15. The van der Waals surface area contributed by atoms with Gasteiger partial charge in [-0.25, -0.2) is 4.39 Å². The highest BCUT2D eigenvalue weighted by atomic mass is 19.1. The number of hydrogen-bond donors (Lipinski definition) is 2. The van der Waals surface area contributed by atoms with Gasteiger partial charge in [0.1, 0.15) is 17.1 Å². The minimum atomic E-state index is -0.277. The van der Waals surface area contributed by atoms with Crippen molar-refractivity contribution in [2.24, 2.45) is 5.92 Å². The minimum Gasteiger partial charge on any atom is -0.491 e. The Labute approximate surface area is 151 Å². The molecule has 26 heavy (non-hydrogen) atoms. The van der Waals surface area contributed by atoms with E-state index in [1.54, 1.807) is 6.07 Å². The summed E-state index contributed by atoms with van der Waals surface area (Å²) in [6.07, 6.45) is 2.29. The van der Waals surface area contributed by atoms with Crippen molar-refractivity contribution in [2.75, 3.05) is 32.5 Å². The molecule has 1 aliphatic rings. The highest BCUT2D eigenvalue weighted by Gasteiger charge is 2.19. The van der Waals surface area contributed by atoms with Gasteiger partial charge in [-0.3, -0.25) is 5.10 Å². The normalized spacial score (nSPS) is 16.2. The maximum atomic E-state index is 13.6. The third kappa shape index (κ3) is 3.24. The van der Waals surface area contributed by atoms with E-state index in [9.17, 15) is 4.39 Å². The summed E-state index contributed by atoms with van der Waals surface area (Å²) in [5, 5.41) is 7.89. The number of fused-ring (bicyclic) bond motifs is 1. The van der Waals surface area contributed by atoms with E-state index in [4.69, 9.17) is 10.5 Å². The van der Waals surface area contributed by atoms with Gasteiger partial charge in [-0.15, -0.1) is 0 Å². The van der Waals surface area contributed by atoms with E-state index in [0.29, 0.717) is 18.3 Å². The number of rotatable bonds is 4. The molecule has 2 heterocycles. The largest absolute Gasteiger partial charge is 0.491 e. The predicted octanol–water partition coefficient (Wildman–Crippen LogP) is 3.67. The summed E-state index contributed by atoms with van der Waals surface area (Å²) in [5.74, 6) is 1.41. The van der Waals surface area contributed by atoms with Gasteiger partial charge in [0.25, 0.3) is 0 Å². The molecule has 0 radical (unpaired) electrons. The van der Waals surface area contributed by atoms with Gasteiger partial charge in [-0.1, -0.05) is 12.1 Å². The number of likely N-dealkylation sites (tertiary alicyclic amines) is 1. The van der Waals surface area contributed by atoms with Crippen LogP contribution in [0.4, 0.5) is 10.2 Å². The predicted molar refractivity (Wildman–Crippen MR) is 102 cm³/mol. The molecule has 3 N–H and O–H groups in total. The molecule has 136 valence electrons. The number of anilines is 1. The van der Waals surface area contributed by atoms with Crippen molar-refractivity contribution >= 4 is 16.7 Å². The van der Waals surface area contributed by atoms with E-state index < -0.39 is 0 Å². The Morgan fingerprint density at radius 2 is 2.08 bits per heavy atom.